The molecule has 0 saturated heterocycles. The van der Waals surface area contributed by atoms with E-state index in [2.05, 4.69) is 41.0 Å². The van der Waals surface area contributed by atoms with Crippen molar-refractivity contribution in [1.82, 2.24) is 10.3 Å². The second kappa shape index (κ2) is 5.18. The summed E-state index contributed by atoms with van der Waals surface area (Å²) in [4.78, 5) is 6.12. The van der Waals surface area contributed by atoms with E-state index in [1.54, 1.807) is 22.7 Å². The predicted molar refractivity (Wildman–Crippen MR) is 79.4 cm³/mol. The van der Waals surface area contributed by atoms with Crippen LogP contribution in [0.3, 0.4) is 0 Å². The zero-order chi connectivity index (χ0) is 12.4. The summed E-state index contributed by atoms with van der Waals surface area (Å²) in [5, 5.41) is 6.67. The molecule has 0 aliphatic carbocycles. The van der Waals surface area contributed by atoms with Crippen LogP contribution in [0.15, 0.2) is 41.8 Å². The number of para-hydroxylation sites is 1. The molecule has 0 bridgehead atoms. The molecule has 0 aliphatic rings. The van der Waals surface area contributed by atoms with Crippen LogP contribution in [0.2, 0.25) is 0 Å². The molecule has 0 fully saturated rings. The van der Waals surface area contributed by atoms with Crippen LogP contribution >= 0.6 is 22.7 Å². The van der Waals surface area contributed by atoms with E-state index in [-0.39, 0.29) is 0 Å². The minimum absolute atomic E-state index is 0.307. The number of nitrogens with zero attached hydrogens (tertiary/aromatic N) is 1. The Morgan fingerprint density at radius 1 is 1.22 bits per heavy atom. The molecule has 0 spiro atoms. The van der Waals surface area contributed by atoms with Gasteiger partial charge in [0.15, 0.2) is 0 Å². The zero-order valence-corrected chi connectivity index (χ0v) is 11.7. The SMILES string of the molecule is CNC(Cc1cccs1)c1nc2ccccc2s1. The third-order valence-corrected chi connectivity index (χ3v) is 4.99. The average molecular weight is 274 g/mol. The van der Waals surface area contributed by atoms with E-state index in [1.807, 2.05) is 13.1 Å². The first-order valence-electron chi connectivity index (χ1n) is 5.92. The van der Waals surface area contributed by atoms with Crippen LogP contribution in [-0.2, 0) is 6.42 Å². The number of likely N-dealkylation sites (N-methyl/N-ethyl adjacent to an activating group) is 1. The normalized spacial score (nSPS) is 12.9. The molecule has 3 rings (SSSR count). The minimum Gasteiger partial charge on any atom is -0.311 e. The minimum atomic E-state index is 0.307. The highest BCUT2D eigenvalue weighted by Crippen LogP contribution is 2.28. The molecule has 0 radical (unpaired) electrons. The number of nitrogens with one attached hydrogen (secondary N) is 1. The number of benzene rings is 1. The molecular formula is C14H14N2S2. The topological polar surface area (TPSA) is 24.9 Å². The quantitative estimate of drug-likeness (QED) is 0.781. The van der Waals surface area contributed by atoms with Crippen LogP contribution in [0, 0.1) is 0 Å². The Kier molecular flexibility index (Phi) is 3.41. The maximum absolute atomic E-state index is 4.73. The van der Waals surface area contributed by atoms with Crippen LogP contribution in [0.4, 0.5) is 0 Å². The lowest BCUT2D eigenvalue weighted by Crippen LogP contribution is -2.18. The molecule has 1 unspecified atom stereocenters. The molecule has 4 heteroatoms. The van der Waals surface area contributed by atoms with Gasteiger partial charge in [0.1, 0.15) is 5.01 Å². The van der Waals surface area contributed by atoms with Gasteiger partial charge in [0.25, 0.3) is 0 Å². The van der Waals surface area contributed by atoms with Gasteiger partial charge < -0.3 is 5.32 Å². The van der Waals surface area contributed by atoms with Gasteiger partial charge in [-0.3, -0.25) is 0 Å². The van der Waals surface area contributed by atoms with Crippen molar-refractivity contribution in [2.45, 2.75) is 12.5 Å². The maximum atomic E-state index is 4.73. The highest BCUT2D eigenvalue weighted by atomic mass is 32.1. The van der Waals surface area contributed by atoms with E-state index in [0.717, 1.165) is 11.9 Å². The first kappa shape index (κ1) is 11.8. The van der Waals surface area contributed by atoms with E-state index >= 15 is 0 Å². The number of thiophene rings is 1. The van der Waals surface area contributed by atoms with Crippen LogP contribution in [-0.4, -0.2) is 12.0 Å². The van der Waals surface area contributed by atoms with Gasteiger partial charge in [-0.15, -0.1) is 22.7 Å². The smallest absolute Gasteiger partial charge is 0.111 e. The maximum Gasteiger partial charge on any atom is 0.111 e. The van der Waals surface area contributed by atoms with Crippen molar-refractivity contribution in [2.24, 2.45) is 0 Å². The Morgan fingerprint density at radius 2 is 2.11 bits per heavy atom. The van der Waals surface area contributed by atoms with Crippen LogP contribution in [0.25, 0.3) is 10.2 Å². The predicted octanol–water partition coefficient (Wildman–Crippen LogP) is 3.86. The summed E-state index contributed by atoms with van der Waals surface area (Å²) in [6.07, 6.45) is 1.01. The lowest BCUT2D eigenvalue weighted by molar-refractivity contribution is 0.594. The molecular weight excluding hydrogens is 260 g/mol. The lowest BCUT2D eigenvalue weighted by atomic mass is 10.2. The van der Waals surface area contributed by atoms with E-state index in [4.69, 9.17) is 4.98 Å². The van der Waals surface area contributed by atoms with E-state index in [1.165, 1.54) is 14.6 Å². The van der Waals surface area contributed by atoms with Gasteiger partial charge >= 0.3 is 0 Å². The van der Waals surface area contributed by atoms with Gasteiger partial charge in [0.05, 0.1) is 16.3 Å². The summed E-state index contributed by atoms with van der Waals surface area (Å²) >= 11 is 3.59. The largest absolute Gasteiger partial charge is 0.311 e. The van der Waals surface area contributed by atoms with Crippen molar-refractivity contribution < 1.29 is 0 Å². The van der Waals surface area contributed by atoms with E-state index < -0.39 is 0 Å². The average Bonchev–Trinajstić information content (AvgIpc) is 3.04. The molecule has 18 heavy (non-hydrogen) atoms. The monoisotopic (exact) mass is 274 g/mol. The molecule has 2 nitrogen and oxygen atoms in total. The second-order valence-corrected chi connectivity index (χ2v) is 6.24. The fourth-order valence-electron chi connectivity index (χ4n) is 1.98. The van der Waals surface area contributed by atoms with Crippen LogP contribution < -0.4 is 5.32 Å². The standard InChI is InChI=1S/C14H14N2S2/c1-15-12(9-10-5-4-8-17-10)14-16-11-6-2-3-7-13(11)18-14/h2-8,12,15H,9H2,1H3. The summed E-state index contributed by atoms with van der Waals surface area (Å²) in [5.74, 6) is 0. The van der Waals surface area contributed by atoms with Gasteiger partial charge in [-0.25, -0.2) is 4.98 Å². The van der Waals surface area contributed by atoms with Crippen molar-refractivity contribution in [3.05, 3.63) is 51.7 Å². The molecule has 92 valence electrons. The molecule has 1 N–H and O–H groups in total. The van der Waals surface area contributed by atoms with Crippen LogP contribution in [0.5, 0.6) is 0 Å². The molecule has 3 aromatic rings. The summed E-state index contributed by atoms with van der Waals surface area (Å²) in [7, 11) is 2.00. The summed E-state index contributed by atoms with van der Waals surface area (Å²) < 4.78 is 1.26. The second-order valence-electron chi connectivity index (χ2n) is 4.14. The number of rotatable bonds is 4. The Bertz CT molecular complexity index is 595. The molecule has 0 amide bonds. The Balaban J connectivity index is 1.90. The number of fused-ring (bicyclic) bond motifs is 1. The molecule has 1 atom stereocenters. The van der Waals surface area contributed by atoms with E-state index in [0.29, 0.717) is 6.04 Å². The summed E-state index contributed by atoms with van der Waals surface area (Å²) in [5.41, 5.74) is 1.10. The van der Waals surface area contributed by atoms with Crippen LogP contribution in [0.1, 0.15) is 15.9 Å². The van der Waals surface area contributed by atoms with Crippen molar-refractivity contribution in [3.8, 4) is 0 Å². The van der Waals surface area contributed by atoms with Crippen molar-refractivity contribution in [3.63, 3.8) is 0 Å². The molecule has 0 aliphatic heterocycles. The number of aromatic nitrogens is 1. The first-order valence-corrected chi connectivity index (χ1v) is 7.61. The fraction of sp³-hybridized carbons (Fsp3) is 0.214. The molecule has 0 saturated carbocycles. The van der Waals surface area contributed by atoms with Gasteiger partial charge in [0.2, 0.25) is 0 Å². The first-order chi connectivity index (χ1) is 8.86. The Morgan fingerprint density at radius 3 is 2.83 bits per heavy atom. The third kappa shape index (κ3) is 2.32. The van der Waals surface area contributed by atoms with Gasteiger partial charge in [-0.2, -0.15) is 0 Å². The van der Waals surface area contributed by atoms with Gasteiger partial charge in [0, 0.05) is 11.3 Å². The highest BCUT2D eigenvalue weighted by Gasteiger charge is 2.15. The zero-order valence-electron chi connectivity index (χ0n) is 10.1. The summed E-state index contributed by atoms with van der Waals surface area (Å²) in [6, 6.07) is 12.9. The third-order valence-electron chi connectivity index (χ3n) is 2.94. The molecule has 2 heterocycles. The lowest BCUT2D eigenvalue weighted by Gasteiger charge is -2.11. The Labute approximate surface area is 114 Å². The fourth-order valence-corrected chi connectivity index (χ4v) is 3.81. The van der Waals surface area contributed by atoms with Gasteiger partial charge in [-0.1, -0.05) is 18.2 Å². The van der Waals surface area contributed by atoms with Crippen molar-refractivity contribution in [1.29, 1.82) is 0 Å². The summed E-state index contributed by atoms with van der Waals surface area (Å²) in [6.45, 7) is 0. The molecule has 2 aromatic heterocycles. The molecule has 1 aromatic carbocycles. The number of hydrogen-bond donors (Lipinski definition) is 1. The number of thiazole rings is 1. The van der Waals surface area contributed by atoms with E-state index in [9.17, 15) is 0 Å². The number of hydrogen-bond acceptors (Lipinski definition) is 4. The van der Waals surface area contributed by atoms with Gasteiger partial charge in [-0.05, 0) is 30.6 Å². The highest BCUT2D eigenvalue weighted by molar-refractivity contribution is 7.18. The van der Waals surface area contributed by atoms with Crippen molar-refractivity contribution in [2.75, 3.05) is 7.05 Å². The Hall–Kier alpha value is -1.23. The van der Waals surface area contributed by atoms with Crippen molar-refractivity contribution >= 4 is 32.9 Å².